The molecule has 10 nitrogen and oxygen atoms in total. The number of allylic oxidation sites excluding steroid dienone is 1. The number of aliphatic hydroxyl groups excluding tert-OH is 2. The average molecular weight is 838 g/mol. The van der Waals surface area contributed by atoms with Crippen molar-refractivity contribution in [1.29, 1.82) is 0 Å². The number of carbonyl (C=O) groups excluding carboxylic acids is 1. The predicted octanol–water partition coefficient (Wildman–Crippen LogP) is 9.37. The fourth-order valence-corrected chi connectivity index (χ4v) is 10.6. The van der Waals surface area contributed by atoms with E-state index in [0.29, 0.717) is 49.7 Å². The number of pyridine rings is 1. The van der Waals surface area contributed by atoms with Crippen LogP contribution in [0.5, 0.6) is 11.5 Å². The molecule has 61 heavy (non-hydrogen) atoms. The highest BCUT2D eigenvalue weighted by Crippen LogP contribution is 2.62. The lowest BCUT2D eigenvalue weighted by Gasteiger charge is -2.60. The third-order valence-corrected chi connectivity index (χ3v) is 13.4. The molecule has 7 rings (SSSR count). The van der Waals surface area contributed by atoms with Gasteiger partial charge in [0.15, 0.2) is 0 Å². The van der Waals surface area contributed by atoms with Crippen LogP contribution in [0.15, 0.2) is 90.1 Å². The fourth-order valence-electron chi connectivity index (χ4n) is 10.6. The van der Waals surface area contributed by atoms with E-state index in [9.17, 15) is 19.4 Å². The van der Waals surface area contributed by atoms with Crippen molar-refractivity contribution in [2.75, 3.05) is 26.9 Å². The Morgan fingerprint density at radius 1 is 1.03 bits per heavy atom. The van der Waals surface area contributed by atoms with E-state index in [1.165, 1.54) is 25.0 Å². The number of aliphatic hydroxyl groups is 2. The van der Waals surface area contributed by atoms with Gasteiger partial charge in [-0.25, -0.2) is 4.39 Å². The minimum atomic E-state index is -1.38. The molecule has 2 heterocycles. The van der Waals surface area contributed by atoms with Crippen molar-refractivity contribution in [2.45, 2.75) is 121 Å². The highest BCUT2D eigenvalue weighted by atomic mass is 19.1. The van der Waals surface area contributed by atoms with Gasteiger partial charge in [-0.3, -0.25) is 9.78 Å². The summed E-state index contributed by atoms with van der Waals surface area (Å²) in [5.74, 6) is -0.318. The van der Waals surface area contributed by atoms with Crippen molar-refractivity contribution in [2.24, 2.45) is 28.8 Å². The Kier molecular flexibility index (Phi) is 15.3. The van der Waals surface area contributed by atoms with Crippen LogP contribution in [-0.4, -0.2) is 70.5 Å². The van der Waals surface area contributed by atoms with E-state index in [4.69, 9.17) is 24.2 Å². The number of nitrogens with zero attached hydrogens (tertiary/aromatic N) is 3. The Balaban J connectivity index is 1.40. The van der Waals surface area contributed by atoms with Gasteiger partial charge >= 0.3 is 0 Å². The van der Waals surface area contributed by atoms with Gasteiger partial charge in [0.2, 0.25) is 11.7 Å². The van der Waals surface area contributed by atoms with Crippen LogP contribution >= 0.6 is 0 Å². The summed E-state index contributed by atoms with van der Waals surface area (Å²) in [5.41, 5.74) is 5.24. The molecule has 11 heteroatoms. The minimum Gasteiger partial charge on any atom is -0.487 e. The minimum absolute atomic E-state index is 0.0105. The zero-order valence-electron chi connectivity index (χ0n) is 36.0. The number of benzene rings is 2. The van der Waals surface area contributed by atoms with Crippen LogP contribution in [0.4, 0.5) is 4.39 Å². The summed E-state index contributed by atoms with van der Waals surface area (Å²) in [6.07, 6.45) is 14.9. The Morgan fingerprint density at radius 2 is 1.80 bits per heavy atom. The second-order valence-corrected chi connectivity index (χ2v) is 17.4. The van der Waals surface area contributed by atoms with Crippen molar-refractivity contribution < 1.29 is 38.4 Å². The van der Waals surface area contributed by atoms with Gasteiger partial charge in [0.05, 0.1) is 23.9 Å². The van der Waals surface area contributed by atoms with E-state index in [1.54, 1.807) is 25.3 Å². The summed E-state index contributed by atoms with van der Waals surface area (Å²) < 4.78 is 35.3. The van der Waals surface area contributed by atoms with Gasteiger partial charge in [-0.05, 0) is 110 Å². The van der Waals surface area contributed by atoms with Gasteiger partial charge in [-0.15, -0.1) is 6.58 Å². The van der Waals surface area contributed by atoms with Gasteiger partial charge in [0, 0.05) is 49.8 Å². The molecule has 0 spiro atoms. The van der Waals surface area contributed by atoms with Gasteiger partial charge < -0.3 is 34.2 Å². The van der Waals surface area contributed by atoms with Crippen LogP contribution in [0.1, 0.15) is 112 Å². The van der Waals surface area contributed by atoms with Crippen LogP contribution in [0.25, 0.3) is 0 Å². The molecule has 0 bridgehead atoms. The summed E-state index contributed by atoms with van der Waals surface area (Å²) in [4.78, 5) is 27.2. The molecule has 0 radical (unpaired) electrons. The molecule has 2 aromatic carbocycles. The first kappa shape index (κ1) is 44.5. The van der Waals surface area contributed by atoms with Crippen LogP contribution in [0, 0.1) is 36.4 Å². The molecule has 3 aromatic rings. The van der Waals surface area contributed by atoms with E-state index >= 15 is 0 Å². The zero-order chi connectivity index (χ0) is 42.8. The largest absolute Gasteiger partial charge is 0.487 e. The maximum absolute atomic E-state index is 15.0. The number of unbranched alkanes of at least 4 members (excludes halogenated alkanes) is 2. The molecule has 1 aliphatic heterocycles. The Labute approximate surface area is 360 Å². The van der Waals surface area contributed by atoms with E-state index in [1.807, 2.05) is 42.2 Å². The van der Waals surface area contributed by atoms with Crippen molar-refractivity contribution in [3.63, 3.8) is 0 Å². The molecule has 2 saturated carbocycles. The molecule has 328 valence electrons. The molecule has 6 unspecified atom stereocenters. The Bertz CT molecular complexity index is 2000. The molecule has 4 aliphatic rings. The van der Waals surface area contributed by atoms with E-state index in [2.05, 4.69) is 23.7 Å². The summed E-state index contributed by atoms with van der Waals surface area (Å²) in [6, 6.07) is 17.6. The van der Waals surface area contributed by atoms with Gasteiger partial charge in [0.1, 0.15) is 37.1 Å². The van der Waals surface area contributed by atoms with Crippen molar-refractivity contribution in [3.8, 4) is 11.5 Å². The number of aryl methyl sites for hydroxylation is 1. The van der Waals surface area contributed by atoms with Gasteiger partial charge in [-0.2, -0.15) is 0 Å². The third-order valence-electron chi connectivity index (χ3n) is 13.4. The number of oxime groups is 1. The van der Waals surface area contributed by atoms with Crippen LogP contribution < -0.4 is 9.47 Å². The van der Waals surface area contributed by atoms with Gasteiger partial charge in [0.25, 0.3) is 0 Å². The SMILES string of the molecule is C=CCOC12Oc3ccc(OCc4cccc(C)n4)cc3C3C(CCCCO)C(CCCCO)C=C(C(=NOC)CC1N(Cc1ccc(F)cc1)C(=O)CCC1CCCC1)C32. The molecule has 0 saturated heterocycles. The number of amides is 1. The second-order valence-electron chi connectivity index (χ2n) is 17.4. The van der Waals surface area contributed by atoms with Crippen LogP contribution in [-0.2, 0) is 27.5 Å². The first-order valence-corrected chi connectivity index (χ1v) is 22.5. The second kappa shape index (κ2) is 21.0. The lowest BCUT2D eigenvalue weighted by Crippen LogP contribution is -2.70. The van der Waals surface area contributed by atoms with Crippen LogP contribution in [0.3, 0.4) is 0 Å². The molecule has 2 fully saturated rings. The molecule has 1 aromatic heterocycles. The summed E-state index contributed by atoms with van der Waals surface area (Å²) in [6.45, 7) is 6.92. The molecular weight excluding hydrogens is 774 g/mol. The maximum atomic E-state index is 15.0. The van der Waals surface area contributed by atoms with E-state index in [-0.39, 0.29) is 55.8 Å². The number of hydrogen-bond acceptors (Lipinski definition) is 9. The van der Waals surface area contributed by atoms with E-state index in [0.717, 1.165) is 78.7 Å². The number of fused-ring (bicyclic) bond motifs is 2. The topological polar surface area (TPSA) is 123 Å². The predicted molar refractivity (Wildman–Crippen MR) is 233 cm³/mol. The fraction of sp³-hybridized carbons (Fsp3) is 0.540. The maximum Gasteiger partial charge on any atom is 0.239 e. The Morgan fingerprint density at radius 3 is 2.52 bits per heavy atom. The number of aromatic nitrogens is 1. The molecular formula is C50H64FN3O7. The molecule has 6 atom stereocenters. The van der Waals surface area contributed by atoms with E-state index < -0.39 is 17.7 Å². The highest BCUT2D eigenvalue weighted by molar-refractivity contribution is 6.03. The highest BCUT2D eigenvalue weighted by Gasteiger charge is 2.65. The lowest BCUT2D eigenvalue weighted by atomic mass is 9.55. The molecule has 2 N–H and O–H groups in total. The van der Waals surface area contributed by atoms with Gasteiger partial charge in [-0.1, -0.05) is 74.0 Å². The number of carbonyl (C=O) groups is 1. The third kappa shape index (κ3) is 10.2. The van der Waals surface area contributed by atoms with Crippen molar-refractivity contribution in [1.82, 2.24) is 9.88 Å². The summed E-state index contributed by atoms with van der Waals surface area (Å²) in [5, 5.41) is 24.6. The number of ether oxygens (including phenoxy) is 3. The van der Waals surface area contributed by atoms with Crippen molar-refractivity contribution >= 4 is 11.6 Å². The standard InChI is InChI=1S/C50H64FN3O7/c1-4-28-60-50-46(54(32-36-18-21-38(51)22-19-36)47(57)25-20-35-13-5-6-14-35)31-44(53-58-3)42-29-37(15-7-9-26-55)41(17-8-10-27-56)48(49(42)50)43-30-40(23-24-45(43)61-50)59-33-39-16-11-12-34(2)52-39/h4,11-12,16,18-19,21-24,29-30,35,37,41,46,48-49,55-56H,1,5-10,13-15,17,20,25-28,31-33H2,2-3H3. The smallest absolute Gasteiger partial charge is 0.239 e. The number of rotatable bonds is 21. The normalized spacial score (nSPS) is 25.0. The Hall–Kier alpha value is -4.58. The number of halogens is 1. The quantitative estimate of drug-likeness (QED) is 0.0619. The zero-order valence-corrected chi connectivity index (χ0v) is 36.0. The summed E-state index contributed by atoms with van der Waals surface area (Å²) >= 11 is 0. The monoisotopic (exact) mass is 837 g/mol. The first-order chi connectivity index (χ1) is 29.8. The lowest BCUT2D eigenvalue weighted by molar-refractivity contribution is -0.258. The molecule has 3 aliphatic carbocycles. The van der Waals surface area contributed by atoms with Crippen molar-refractivity contribution in [3.05, 3.63) is 113 Å². The molecule has 1 amide bonds. The first-order valence-electron chi connectivity index (χ1n) is 22.5. The summed E-state index contributed by atoms with van der Waals surface area (Å²) in [7, 11) is 1.55. The average Bonchev–Trinajstić information content (AvgIpc) is 3.80. The number of hydrogen-bond donors (Lipinski definition) is 2. The van der Waals surface area contributed by atoms with Crippen LogP contribution in [0.2, 0.25) is 0 Å².